The molecule has 11 rings (SSSR count). The standard InChI is InChI=1S/C44H25NS/c1-2-14-34-30(11-1)33-22-19-26-9-7-10-27-20-23-36(42(33)41(26)27)43(34)45-38-17-5-3-12-31(38)37-25-28(21-24-39(37)45)29-15-8-16-35-32-13-4-6-18-40(32)46-44(29)35/h1-25H. The van der Waals surface area contributed by atoms with Crippen LogP contribution < -0.4 is 0 Å². The molecule has 0 aliphatic rings. The number of aromatic nitrogens is 1. The van der Waals surface area contributed by atoms with Crippen LogP contribution in [0.2, 0.25) is 0 Å². The van der Waals surface area contributed by atoms with Crippen molar-refractivity contribution in [2.45, 2.75) is 0 Å². The average molecular weight is 600 g/mol. The predicted molar refractivity (Wildman–Crippen MR) is 200 cm³/mol. The Bertz CT molecular complexity index is 3010. The lowest BCUT2D eigenvalue weighted by Crippen LogP contribution is -1.99. The summed E-state index contributed by atoms with van der Waals surface area (Å²) >= 11 is 1.90. The van der Waals surface area contributed by atoms with Crippen LogP contribution in [0.3, 0.4) is 0 Å². The summed E-state index contributed by atoms with van der Waals surface area (Å²) in [5.74, 6) is 0. The molecule has 0 unspecified atom stereocenters. The van der Waals surface area contributed by atoms with Crippen LogP contribution in [0, 0.1) is 0 Å². The minimum atomic E-state index is 1.23. The molecular weight excluding hydrogens is 575 g/mol. The topological polar surface area (TPSA) is 4.93 Å². The van der Waals surface area contributed by atoms with Gasteiger partial charge in [0.2, 0.25) is 0 Å². The summed E-state index contributed by atoms with van der Waals surface area (Å²) in [6, 6.07) is 56.4. The monoisotopic (exact) mass is 599 g/mol. The van der Waals surface area contributed by atoms with Gasteiger partial charge in [-0.15, -0.1) is 11.3 Å². The van der Waals surface area contributed by atoms with Gasteiger partial charge in [0.05, 0.1) is 16.7 Å². The first-order chi connectivity index (χ1) is 22.8. The molecule has 0 aliphatic carbocycles. The molecule has 46 heavy (non-hydrogen) atoms. The number of benzene rings is 9. The van der Waals surface area contributed by atoms with Gasteiger partial charge in [-0.25, -0.2) is 0 Å². The number of para-hydroxylation sites is 1. The Morgan fingerprint density at radius 2 is 1.07 bits per heavy atom. The van der Waals surface area contributed by atoms with Crippen LogP contribution >= 0.6 is 11.3 Å². The van der Waals surface area contributed by atoms with Crippen molar-refractivity contribution in [2.24, 2.45) is 0 Å². The maximum Gasteiger partial charge on any atom is 0.0619 e. The zero-order valence-corrected chi connectivity index (χ0v) is 25.6. The van der Waals surface area contributed by atoms with Gasteiger partial charge in [-0.1, -0.05) is 127 Å². The van der Waals surface area contributed by atoms with Crippen LogP contribution in [0.5, 0.6) is 0 Å². The molecule has 1 nitrogen and oxygen atoms in total. The van der Waals surface area contributed by atoms with E-state index in [1.807, 2.05) is 11.3 Å². The molecule has 0 bridgehead atoms. The molecule has 2 heteroatoms. The van der Waals surface area contributed by atoms with E-state index in [1.54, 1.807) is 0 Å². The van der Waals surface area contributed by atoms with Crippen molar-refractivity contribution >= 4 is 96.4 Å². The van der Waals surface area contributed by atoms with Gasteiger partial charge in [-0.05, 0) is 62.3 Å². The second-order valence-electron chi connectivity index (χ2n) is 12.4. The number of nitrogens with zero attached hydrogens (tertiary/aromatic N) is 1. The minimum Gasteiger partial charge on any atom is -0.308 e. The van der Waals surface area contributed by atoms with Crippen LogP contribution in [-0.4, -0.2) is 4.57 Å². The summed E-state index contributed by atoms with van der Waals surface area (Å²) in [7, 11) is 0. The quantitative estimate of drug-likeness (QED) is 0.138. The van der Waals surface area contributed by atoms with E-state index in [0.717, 1.165) is 0 Å². The summed E-state index contributed by atoms with van der Waals surface area (Å²) in [4.78, 5) is 0. The molecule has 0 amide bonds. The summed E-state index contributed by atoms with van der Waals surface area (Å²) in [6.07, 6.45) is 0. The Balaban J connectivity index is 1.27. The van der Waals surface area contributed by atoms with Gasteiger partial charge in [0.15, 0.2) is 0 Å². The number of hydrogen-bond donors (Lipinski definition) is 0. The summed E-state index contributed by atoms with van der Waals surface area (Å²) < 4.78 is 5.22. The third-order valence-electron chi connectivity index (χ3n) is 10.1. The molecule has 0 N–H and O–H groups in total. The van der Waals surface area contributed by atoms with Crippen molar-refractivity contribution in [2.75, 3.05) is 0 Å². The molecule has 2 aromatic heterocycles. The van der Waals surface area contributed by atoms with E-state index in [0.29, 0.717) is 0 Å². The largest absolute Gasteiger partial charge is 0.308 e. The van der Waals surface area contributed by atoms with E-state index in [1.165, 1.54) is 102 Å². The third kappa shape index (κ3) is 3.14. The fourth-order valence-corrected chi connectivity index (χ4v) is 9.41. The Hall–Kier alpha value is -5.70. The summed E-state index contributed by atoms with van der Waals surface area (Å²) in [6.45, 7) is 0. The summed E-state index contributed by atoms with van der Waals surface area (Å²) in [5, 5.41) is 15.7. The Morgan fingerprint density at radius 1 is 0.391 bits per heavy atom. The smallest absolute Gasteiger partial charge is 0.0619 e. The van der Waals surface area contributed by atoms with Gasteiger partial charge in [-0.2, -0.15) is 0 Å². The highest BCUT2D eigenvalue weighted by Crippen LogP contribution is 2.46. The van der Waals surface area contributed by atoms with Gasteiger partial charge in [0, 0.05) is 47.1 Å². The summed E-state index contributed by atoms with van der Waals surface area (Å²) in [5.41, 5.74) is 6.27. The first kappa shape index (κ1) is 24.6. The van der Waals surface area contributed by atoms with Crippen molar-refractivity contribution in [3.63, 3.8) is 0 Å². The van der Waals surface area contributed by atoms with Gasteiger partial charge < -0.3 is 4.57 Å². The second kappa shape index (κ2) is 8.94. The fourth-order valence-electron chi connectivity index (χ4n) is 8.17. The second-order valence-corrected chi connectivity index (χ2v) is 13.5. The molecule has 2 heterocycles. The molecule has 9 aromatic carbocycles. The SMILES string of the molecule is c1cc2ccc3c(-n4c5ccccc5c5cc(-c6cccc7c6sc6ccccc67)ccc54)c4ccccc4c4ccc(c1)c2c34. The van der Waals surface area contributed by atoms with Crippen molar-refractivity contribution < 1.29 is 0 Å². The number of thiophene rings is 1. The molecule has 0 saturated heterocycles. The third-order valence-corrected chi connectivity index (χ3v) is 11.3. The lowest BCUT2D eigenvalue weighted by atomic mass is 9.89. The van der Waals surface area contributed by atoms with Gasteiger partial charge >= 0.3 is 0 Å². The van der Waals surface area contributed by atoms with Crippen LogP contribution in [0.15, 0.2) is 152 Å². The maximum atomic E-state index is 2.53. The number of hydrogen-bond acceptors (Lipinski definition) is 1. The zero-order valence-electron chi connectivity index (χ0n) is 24.8. The zero-order chi connectivity index (χ0) is 29.9. The fraction of sp³-hybridized carbons (Fsp3) is 0. The molecule has 212 valence electrons. The van der Waals surface area contributed by atoms with Crippen molar-refractivity contribution in [3.05, 3.63) is 152 Å². The molecule has 0 atom stereocenters. The molecule has 0 spiro atoms. The van der Waals surface area contributed by atoms with Crippen LogP contribution in [0.4, 0.5) is 0 Å². The normalized spacial score (nSPS) is 12.3. The first-order valence-corrected chi connectivity index (χ1v) is 16.7. The highest BCUT2D eigenvalue weighted by atomic mass is 32.1. The molecule has 0 aliphatic heterocycles. The lowest BCUT2D eigenvalue weighted by Gasteiger charge is -2.19. The Kier molecular flexibility index (Phi) is 4.78. The van der Waals surface area contributed by atoms with Crippen LogP contribution in [-0.2, 0) is 0 Å². The van der Waals surface area contributed by atoms with Crippen LogP contribution in [0.25, 0.3) is 102 Å². The number of fused-ring (bicyclic) bond motifs is 8. The van der Waals surface area contributed by atoms with E-state index in [9.17, 15) is 0 Å². The highest BCUT2D eigenvalue weighted by molar-refractivity contribution is 7.26. The van der Waals surface area contributed by atoms with Gasteiger partial charge in [-0.3, -0.25) is 0 Å². The molecule has 0 radical (unpaired) electrons. The van der Waals surface area contributed by atoms with E-state index >= 15 is 0 Å². The number of rotatable bonds is 2. The highest BCUT2D eigenvalue weighted by Gasteiger charge is 2.21. The van der Waals surface area contributed by atoms with Gasteiger partial charge in [0.25, 0.3) is 0 Å². The van der Waals surface area contributed by atoms with E-state index in [2.05, 4.69) is 156 Å². The van der Waals surface area contributed by atoms with Crippen molar-refractivity contribution in [3.8, 4) is 16.8 Å². The lowest BCUT2D eigenvalue weighted by molar-refractivity contribution is 1.21. The average Bonchev–Trinajstić information content (AvgIpc) is 3.66. The molecule has 0 saturated carbocycles. The van der Waals surface area contributed by atoms with Gasteiger partial charge in [0.1, 0.15) is 0 Å². The maximum absolute atomic E-state index is 2.53. The minimum absolute atomic E-state index is 1.23. The van der Waals surface area contributed by atoms with E-state index in [4.69, 9.17) is 0 Å². The molecule has 11 aromatic rings. The Labute approximate surface area is 268 Å². The predicted octanol–water partition coefficient (Wildman–Crippen LogP) is 12.9. The van der Waals surface area contributed by atoms with Crippen molar-refractivity contribution in [1.29, 1.82) is 0 Å². The van der Waals surface area contributed by atoms with E-state index < -0.39 is 0 Å². The Morgan fingerprint density at radius 3 is 1.93 bits per heavy atom. The molecule has 0 fully saturated rings. The molecular formula is C44H25NS. The first-order valence-electron chi connectivity index (χ1n) is 15.9. The van der Waals surface area contributed by atoms with Crippen molar-refractivity contribution in [1.82, 2.24) is 4.57 Å². The van der Waals surface area contributed by atoms with Crippen LogP contribution in [0.1, 0.15) is 0 Å². The van der Waals surface area contributed by atoms with E-state index in [-0.39, 0.29) is 0 Å².